The van der Waals surface area contributed by atoms with Gasteiger partial charge in [0.2, 0.25) is 0 Å². The van der Waals surface area contributed by atoms with Gasteiger partial charge >= 0.3 is 13.6 Å². The van der Waals surface area contributed by atoms with Gasteiger partial charge < -0.3 is 20.0 Å². The summed E-state index contributed by atoms with van der Waals surface area (Å²) in [6.07, 6.45) is 0.906. The Morgan fingerprint density at radius 3 is 1.58 bits per heavy atom. The summed E-state index contributed by atoms with van der Waals surface area (Å²) in [7, 11) is -4.09. The average Bonchev–Trinajstić information content (AvgIpc) is 2.24. The van der Waals surface area contributed by atoms with Crippen molar-refractivity contribution >= 4 is 13.6 Å². The van der Waals surface area contributed by atoms with Gasteiger partial charge in [-0.15, -0.1) is 0 Å². The number of hydrogen-bond acceptors (Lipinski definition) is 3. The van der Waals surface area contributed by atoms with Crippen LogP contribution in [0.2, 0.25) is 0 Å². The molecule has 0 aliphatic heterocycles. The van der Waals surface area contributed by atoms with E-state index >= 15 is 0 Å². The lowest BCUT2D eigenvalue weighted by Crippen LogP contribution is -2.16. The van der Waals surface area contributed by atoms with Crippen molar-refractivity contribution in [2.75, 3.05) is 0 Å². The van der Waals surface area contributed by atoms with Gasteiger partial charge in [0, 0.05) is 0 Å². The lowest BCUT2D eigenvalue weighted by atomic mass is 10.00. The molecule has 0 fully saturated rings. The smallest absolute Gasteiger partial charge is 0.328 e. The van der Waals surface area contributed by atoms with Crippen molar-refractivity contribution in [3.63, 3.8) is 0 Å². The van der Waals surface area contributed by atoms with Crippen LogP contribution < -0.4 is 0 Å². The molecule has 0 amide bonds. The summed E-state index contributed by atoms with van der Waals surface area (Å²) in [4.78, 5) is 28.6. The highest BCUT2D eigenvalue weighted by molar-refractivity contribution is 7.52. The molecule has 0 aromatic heterocycles. The fourth-order valence-corrected chi connectivity index (χ4v) is 2.67. The minimum Gasteiger partial charge on any atom is -0.481 e. The van der Waals surface area contributed by atoms with Crippen LogP contribution in [0.15, 0.2) is 0 Å². The maximum absolute atomic E-state index is 11.1. The molecule has 0 rings (SSSR count). The minimum absolute atomic E-state index is 0. The summed E-state index contributed by atoms with van der Waals surface area (Å²) < 4.78 is 11.1. The van der Waals surface area contributed by atoms with Gasteiger partial charge in [-0.1, -0.05) is 58.4 Å². The summed E-state index contributed by atoms with van der Waals surface area (Å²) in [6, 6.07) is 0. The summed E-state index contributed by atoms with van der Waals surface area (Å²) >= 11 is 0. The van der Waals surface area contributed by atoms with E-state index in [9.17, 15) is 14.5 Å². The monoisotopic (exact) mass is 378 g/mol. The Bertz CT molecular complexity index is 303. The second kappa shape index (κ2) is 20.6. The molecule has 0 aliphatic carbocycles. The van der Waals surface area contributed by atoms with E-state index in [1.807, 2.05) is 0 Å². The zero-order valence-corrected chi connectivity index (χ0v) is 11.7. The summed E-state index contributed by atoms with van der Waals surface area (Å²) in [6.45, 7) is 3.27. The van der Waals surface area contributed by atoms with E-state index in [1.54, 1.807) is 13.8 Å². The fourth-order valence-electron chi connectivity index (χ4n) is 1.71. The Morgan fingerprint density at radius 2 is 1.29 bits per heavy atom. The minimum atomic E-state index is -4.09. The van der Waals surface area contributed by atoms with Gasteiger partial charge in [-0.25, -0.2) is 0 Å². The van der Waals surface area contributed by atoms with Crippen LogP contribution >= 0.6 is 7.60 Å². The molecule has 0 radical (unpaired) electrons. The van der Waals surface area contributed by atoms with Crippen LogP contribution in [0.1, 0.15) is 90.5 Å². The Balaban J connectivity index is -0.0000000963. The van der Waals surface area contributed by atoms with Crippen LogP contribution in [0, 0.1) is 5.92 Å². The van der Waals surface area contributed by atoms with Crippen molar-refractivity contribution in [3.8, 4) is 0 Å². The molecule has 6 nitrogen and oxygen atoms in total. The van der Waals surface area contributed by atoms with Crippen LogP contribution in [0.25, 0.3) is 0 Å². The van der Waals surface area contributed by atoms with E-state index in [0.29, 0.717) is 19.3 Å². The quantitative estimate of drug-likeness (QED) is 0.399. The summed E-state index contributed by atoms with van der Waals surface area (Å²) in [5.74, 6) is -1.41. The van der Waals surface area contributed by atoms with Gasteiger partial charge in [-0.05, 0) is 32.1 Å². The SMILES string of the molecule is C.C.C.C.C.C.CCC(CCC(O)CCC(C)C(=O)O)P(=O)(O)O. The van der Waals surface area contributed by atoms with Gasteiger partial charge in [0.15, 0.2) is 0 Å². The highest BCUT2D eigenvalue weighted by atomic mass is 31.2. The first-order valence-electron chi connectivity index (χ1n) is 6.14. The standard InChI is InChI=1S/C11H23O6P.6CH4/c1-3-10(18(15,16)17)7-6-9(12)5-4-8(2)11(13)14;;;;;;/h8-10,12H,3-7H2,1-2H3,(H,13,14)(H2,15,16,17);6*1H4. The Labute approximate surface area is 151 Å². The highest BCUT2D eigenvalue weighted by Crippen LogP contribution is 2.45. The van der Waals surface area contributed by atoms with Crippen LogP contribution in [-0.4, -0.2) is 37.7 Å². The van der Waals surface area contributed by atoms with Crippen LogP contribution in [0.4, 0.5) is 0 Å². The second-order valence-electron chi connectivity index (χ2n) is 4.70. The Hall–Kier alpha value is -0.420. The van der Waals surface area contributed by atoms with Crippen molar-refractivity contribution in [1.29, 1.82) is 0 Å². The molecule has 3 atom stereocenters. The van der Waals surface area contributed by atoms with E-state index < -0.39 is 31.2 Å². The molecule has 0 heterocycles. The lowest BCUT2D eigenvalue weighted by molar-refractivity contribution is -0.141. The molecular formula is C17H47O6P. The van der Waals surface area contributed by atoms with Crippen molar-refractivity contribution in [2.45, 2.75) is 102 Å². The third kappa shape index (κ3) is 19.6. The van der Waals surface area contributed by atoms with E-state index in [4.69, 9.17) is 14.9 Å². The second-order valence-corrected chi connectivity index (χ2v) is 6.61. The molecule has 0 spiro atoms. The lowest BCUT2D eigenvalue weighted by Gasteiger charge is -2.18. The highest BCUT2D eigenvalue weighted by Gasteiger charge is 2.27. The van der Waals surface area contributed by atoms with Crippen LogP contribution in [0.3, 0.4) is 0 Å². The van der Waals surface area contributed by atoms with Crippen molar-refractivity contribution < 1.29 is 29.4 Å². The zero-order valence-electron chi connectivity index (χ0n) is 10.8. The van der Waals surface area contributed by atoms with Crippen molar-refractivity contribution in [3.05, 3.63) is 0 Å². The number of carbonyl (C=O) groups is 1. The molecule has 0 aromatic carbocycles. The van der Waals surface area contributed by atoms with E-state index in [2.05, 4.69) is 0 Å². The van der Waals surface area contributed by atoms with Gasteiger partial charge in [0.25, 0.3) is 0 Å². The average molecular weight is 379 g/mol. The third-order valence-corrected chi connectivity index (χ3v) is 4.71. The first-order valence-corrected chi connectivity index (χ1v) is 7.82. The number of hydrogen-bond donors (Lipinski definition) is 4. The third-order valence-electron chi connectivity index (χ3n) is 3.13. The van der Waals surface area contributed by atoms with Crippen LogP contribution in [0.5, 0.6) is 0 Å². The molecule has 4 N–H and O–H groups in total. The zero-order chi connectivity index (χ0) is 14.3. The van der Waals surface area contributed by atoms with E-state index in [0.717, 1.165) is 0 Å². The number of aliphatic hydroxyl groups excluding tert-OH is 1. The largest absolute Gasteiger partial charge is 0.481 e. The Kier molecular flexibility index (Phi) is 37.6. The van der Waals surface area contributed by atoms with Crippen molar-refractivity contribution in [1.82, 2.24) is 0 Å². The predicted molar refractivity (Wildman–Crippen MR) is 108 cm³/mol. The van der Waals surface area contributed by atoms with Gasteiger partial charge in [-0.2, -0.15) is 0 Å². The van der Waals surface area contributed by atoms with Gasteiger partial charge in [0.05, 0.1) is 17.7 Å². The molecule has 0 saturated heterocycles. The van der Waals surface area contributed by atoms with Gasteiger partial charge in [0.1, 0.15) is 0 Å². The van der Waals surface area contributed by atoms with Crippen molar-refractivity contribution in [2.24, 2.45) is 5.92 Å². The molecule has 7 heteroatoms. The van der Waals surface area contributed by atoms with Gasteiger partial charge in [-0.3, -0.25) is 9.36 Å². The number of aliphatic hydroxyl groups is 1. The molecule has 0 bridgehead atoms. The van der Waals surface area contributed by atoms with E-state index in [1.165, 1.54) is 0 Å². The topological polar surface area (TPSA) is 115 Å². The number of carboxylic acid groups (broad SMARTS) is 1. The molecule has 3 unspecified atom stereocenters. The maximum Gasteiger partial charge on any atom is 0.328 e. The maximum atomic E-state index is 11.1. The molecule has 0 saturated carbocycles. The summed E-state index contributed by atoms with van der Waals surface area (Å²) in [5, 5.41) is 18.3. The predicted octanol–water partition coefficient (Wildman–Crippen LogP) is 5.40. The number of carboxylic acids is 1. The fraction of sp³-hybridized carbons (Fsp3) is 0.941. The Morgan fingerprint density at radius 1 is 0.917 bits per heavy atom. The molecular weight excluding hydrogens is 331 g/mol. The molecule has 0 aliphatic rings. The molecule has 0 aromatic rings. The first-order chi connectivity index (χ1) is 8.18. The normalized spacial score (nSPS) is 12.9. The first kappa shape index (κ1) is 43.7. The van der Waals surface area contributed by atoms with Crippen LogP contribution in [-0.2, 0) is 9.36 Å². The molecule has 24 heavy (non-hydrogen) atoms. The van der Waals surface area contributed by atoms with E-state index in [-0.39, 0.29) is 57.4 Å². The number of rotatable bonds is 9. The molecule has 156 valence electrons. The summed E-state index contributed by atoms with van der Waals surface area (Å²) in [5.41, 5.74) is -0.718. The number of aliphatic carboxylic acids is 1.